The van der Waals surface area contributed by atoms with Crippen molar-refractivity contribution in [1.29, 1.82) is 0 Å². The van der Waals surface area contributed by atoms with Gasteiger partial charge in [-0.25, -0.2) is 0 Å². The Bertz CT molecular complexity index is 1190. The van der Waals surface area contributed by atoms with Crippen LogP contribution in [0.1, 0.15) is 11.5 Å². The van der Waals surface area contributed by atoms with Crippen LogP contribution in [0.25, 0.3) is 17.1 Å². The van der Waals surface area contributed by atoms with Gasteiger partial charge in [0.2, 0.25) is 11.7 Å². The smallest absolute Gasteiger partial charge is 0.320 e. The second-order valence-electron chi connectivity index (χ2n) is 6.12. The Kier molecular flexibility index (Phi) is 4.25. The van der Waals surface area contributed by atoms with E-state index in [9.17, 15) is 9.59 Å². The van der Waals surface area contributed by atoms with E-state index < -0.39 is 11.1 Å². The molecule has 7 nitrogen and oxygen atoms in total. The van der Waals surface area contributed by atoms with E-state index in [-0.39, 0.29) is 12.4 Å². The van der Waals surface area contributed by atoms with E-state index in [1.807, 2.05) is 37.3 Å². The predicted molar refractivity (Wildman–Crippen MR) is 99.9 cm³/mol. The highest BCUT2D eigenvalue weighted by atomic mass is 16.5. The van der Waals surface area contributed by atoms with E-state index >= 15 is 0 Å². The third-order valence-electron chi connectivity index (χ3n) is 4.18. The number of hydrogen-bond acceptors (Lipinski definition) is 5. The first-order valence-electron chi connectivity index (χ1n) is 8.39. The molecule has 2 aromatic carbocycles. The molecule has 0 spiro atoms. The van der Waals surface area contributed by atoms with Gasteiger partial charge in [-0.1, -0.05) is 53.2 Å². The molecule has 4 rings (SSSR count). The molecule has 0 saturated carbocycles. The average molecular weight is 360 g/mol. The summed E-state index contributed by atoms with van der Waals surface area (Å²) in [7, 11) is 0. The van der Waals surface area contributed by atoms with Gasteiger partial charge in [0, 0.05) is 23.6 Å². The normalized spacial score (nSPS) is 10.9. The van der Waals surface area contributed by atoms with E-state index in [2.05, 4.69) is 10.1 Å². The van der Waals surface area contributed by atoms with Crippen LogP contribution in [0.5, 0.6) is 0 Å². The first-order valence-corrected chi connectivity index (χ1v) is 8.39. The molecular formula is C20H16N4O3. The molecule has 7 heteroatoms. The summed E-state index contributed by atoms with van der Waals surface area (Å²) in [5, 5.41) is 3.94. The van der Waals surface area contributed by atoms with E-state index in [4.69, 9.17) is 4.52 Å². The molecule has 0 aliphatic carbocycles. The number of benzene rings is 2. The molecule has 134 valence electrons. The maximum atomic E-state index is 12.4. The zero-order valence-corrected chi connectivity index (χ0v) is 14.6. The zero-order valence-electron chi connectivity index (χ0n) is 14.6. The number of nitrogens with zero attached hydrogens (tertiary/aromatic N) is 4. The third-order valence-corrected chi connectivity index (χ3v) is 4.18. The highest BCUT2D eigenvalue weighted by molar-refractivity contribution is 5.54. The molecule has 0 atom stereocenters. The lowest BCUT2D eigenvalue weighted by Crippen LogP contribution is -2.40. The minimum absolute atomic E-state index is 0.0303. The number of aromatic nitrogens is 4. The predicted octanol–water partition coefficient (Wildman–Crippen LogP) is 2.41. The Hall–Kier alpha value is -3.74. The maximum absolute atomic E-state index is 12.4. The van der Waals surface area contributed by atoms with Crippen molar-refractivity contribution < 1.29 is 4.52 Å². The van der Waals surface area contributed by atoms with Crippen molar-refractivity contribution in [2.24, 2.45) is 0 Å². The summed E-state index contributed by atoms with van der Waals surface area (Å²) in [6.07, 6.45) is 3.09. The van der Waals surface area contributed by atoms with Gasteiger partial charge in [-0.2, -0.15) is 4.98 Å². The van der Waals surface area contributed by atoms with Crippen LogP contribution in [-0.4, -0.2) is 19.3 Å². The summed E-state index contributed by atoms with van der Waals surface area (Å²) in [6.45, 7) is 2.03. The quantitative estimate of drug-likeness (QED) is 0.522. The minimum Gasteiger partial charge on any atom is -0.337 e. The standard InChI is InChI=1S/C20H16N4O3/c1-14-7-9-15(10-8-14)18-21-17(27-22-18)13-23-11-12-24(20(26)19(23)25)16-5-3-2-4-6-16/h2-12H,13H2,1H3. The molecule has 0 aliphatic rings. The van der Waals surface area contributed by atoms with E-state index in [1.54, 1.807) is 30.5 Å². The minimum atomic E-state index is -0.656. The SMILES string of the molecule is Cc1ccc(-c2noc(Cn3ccn(-c4ccccc4)c(=O)c3=O)n2)cc1. The van der Waals surface area contributed by atoms with Gasteiger partial charge in [-0.05, 0) is 19.1 Å². The van der Waals surface area contributed by atoms with Gasteiger partial charge in [-0.15, -0.1) is 0 Å². The molecule has 27 heavy (non-hydrogen) atoms. The van der Waals surface area contributed by atoms with Crippen molar-refractivity contribution in [2.45, 2.75) is 13.5 Å². The fourth-order valence-electron chi connectivity index (χ4n) is 2.71. The number of hydrogen-bond donors (Lipinski definition) is 0. The average Bonchev–Trinajstić information content (AvgIpc) is 3.15. The highest BCUT2D eigenvalue weighted by Crippen LogP contribution is 2.16. The van der Waals surface area contributed by atoms with E-state index in [1.165, 1.54) is 15.3 Å². The summed E-state index contributed by atoms with van der Waals surface area (Å²) >= 11 is 0. The zero-order chi connectivity index (χ0) is 18.8. The fourth-order valence-corrected chi connectivity index (χ4v) is 2.71. The number of para-hydroxylation sites is 1. The van der Waals surface area contributed by atoms with Gasteiger partial charge in [0.15, 0.2) is 0 Å². The highest BCUT2D eigenvalue weighted by Gasteiger charge is 2.12. The lowest BCUT2D eigenvalue weighted by Gasteiger charge is -2.07. The third kappa shape index (κ3) is 3.35. The molecule has 4 aromatic rings. The Morgan fingerprint density at radius 2 is 1.67 bits per heavy atom. The van der Waals surface area contributed by atoms with Gasteiger partial charge in [0.25, 0.3) is 0 Å². The summed E-state index contributed by atoms with van der Waals surface area (Å²) in [5.41, 5.74) is 1.29. The van der Waals surface area contributed by atoms with Crippen LogP contribution in [0.4, 0.5) is 0 Å². The lowest BCUT2D eigenvalue weighted by atomic mass is 10.1. The van der Waals surface area contributed by atoms with Gasteiger partial charge >= 0.3 is 11.1 Å². The molecule has 0 bridgehead atoms. The summed E-state index contributed by atoms with van der Waals surface area (Å²) in [6, 6.07) is 16.7. The summed E-state index contributed by atoms with van der Waals surface area (Å²) in [5.74, 6) is 0.695. The Morgan fingerprint density at radius 3 is 2.41 bits per heavy atom. The van der Waals surface area contributed by atoms with E-state index in [0.29, 0.717) is 11.5 Å². The molecule has 0 amide bonds. The van der Waals surface area contributed by atoms with Crippen LogP contribution in [0.15, 0.2) is 81.1 Å². The summed E-state index contributed by atoms with van der Waals surface area (Å²) in [4.78, 5) is 29.1. The van der Waals surface area contributed by atoms with Crippen molar-refractivity contribution in [2.75, 3.05) is 0 Å². The van der Waals surface area contributed by atoms with Crippen LogP contribution in [0.2, 0.25) is 0 Å². The molecule has 0 saturated heterocycles. The lowest BCUT2D eigenvalue weighted by molar-refractivity contribution is 0.369. The first kappa shape index (κ1) is 16.7. The van der Waals surface area contributed by atoms with Gasteiger partial charge < -0.3 is 4.52 Å². The molecule has 0 unspecified atom stereocenters. The molecule has 2 heterocycles. The largest absolute Gasteiger partial charge is 0.337 e. The Balaban J connectivity index is 1.62. The fraction of sp³-hybridized carbons (Fsp3) is 0.100. The van der Waals surface area contributed by atoms with Crippen LogP contribution >= 0.6 is 0 Å². The van der Waals surface area contributed by atoms with Gasteiger partial charge in [0.05, 0.1) is 0 Å². The monoisotopic (exact) mass is 360 g/mol. The van der Waals surface area contributed by atoms with Crippen molar-refractivity contribution in [3.05, 3.63) is 99.2 Å². The van der Waals surface area contributed by atoms with Crippen molar-refractivity contribution in [3.8, 4) is 17.1 Å². The molecule has 2 aromatic heterocycles. The van der Waals surface area contributed by atoms with Gasteiger partial charge in [0.1, 0.15) is 6.54 Å². The van der Waals surface area contributed by atoms with E-state index in [0.717, 1.165) is 11.1 Å². The Morgan fingerprint density at radius 1 is 0.926 bits per heavy atom. The summed E-state index contributed by atoms with van der Waals surface area (Å²) < 4.78 is 7.80. The second kappa shape index (κ2) is 6.87. The van der Waals surface area contributed by atoms with Crippen molar-refractivity contribution in [3.63, 3.8) is 0 Å². The first-order chi connectivity index (χ1) is 13.1. The number of aryl methyl sites for hydroxylation is 1. The molecule has 0 radical (unpaired) electrons. The topological polar surface area (TPSA) is 82.9 Å². The second-order valence-corrected chi connectivity index (χ2v) is 6.12. The van der Waals surface area contributed by atoms with Crippen LogP contribution in [-0.2, 0) is 6.54 Å². The maximum Gasteiger partial charge on any atom is 0.320 e. The van der Waals surface area contributed by atoms with Crippen LogP contribution in [0.3, 0.4) is 0 Å². The van der Waals surface area contributed by atoms with Gasteiger partial charge in [-0.3, -0.25) is 18.7 Å². The van der Waals surface area contributed by atoms with Crippen LogP contribution in [0, 0.1) is 6.92 Å². The number of rotatable bonds is 4. The molecule has 0 N–H and O–H groups in total. The van der Waals surface area contributed by atoms with Crippen molar-refractivity contribution in [1.82, 2.24) is 19.3 Å². The molecule has 0 fully saturated rings. The van der Waals surface area contributed by atoms with Crippen LogP contribution < -0.4 is 11.1 Å². The Labute approximate surface area is 154 Å². The molecular weight excluding hydrogens is 344 g/mol. The van der Waals surface area contributed by atoms with Crippen molar-refractivity contribution >= 4 is 0 Å². The molecule has 0 aliphatic heterocycles.